The molecule has 0 unspecified atom stereocenters. The number of fused-ring (bicyclic) bond motifs is 1. The Labute approximate surface area is 178 Å². The van der Waals surface area contributed by atoms with Gasteiger partial charge in [-0.25, -0.2) is 0 Å². The van der Waals surface area contributed by atoms with Crippen LogP contribution in [0.4, 0.5) is 18.9 Å². The SMILES string of the molecule is Nc1cccc(-c2ccc3c(C(F)(F)F)c(C(=O)c4ccc(Cl)cc4Cl)oc3c2)c1. The van der Waals surface area contributed by atoms with Gasteiger partial charge in [-0.2, -0.15) is 13.2 Å². The van der Waals surface area contributed by atoms with Gasteiger partial charge in [0, 0.05) is 21.7 Å². The van der Waals surface area contributed by atoms with Crippen molar-refractivity contribution < 1.29 is 22.4 Å². The summed E-state index contributed by atoms with van der Waals surface area (Å²) < 4.78 is 47.0. The van der Waals surface area contributed by atoms with Gasteiger partial charge in [-0.1, -0.05) is 41.4 Å². The van der Waals surface area contributed by atoms with Crippen molar-refractivity contribution in [1.82, 2.24) is 0 Å². The Hall–Kier alpha value is -2.96. The lowest BCUT2D eigenvalue weighted by Gasteiger charge is -2.08. The van der Waals surface area contributed by atoms with E-state index in [9.17, 15) is 18.0 Å². The molecule has 0 saturated heterocycles. The molecule has 0 spiro atoms. The molecule has 0 bridgehead atoms. The van der Waals surface area contributed by atoms with E-state index in [1.165, 1.54) is 36.4 Å². The normalized spacial score (nSPS) is 11.8. The fraction of sp³-hybridized carbons (Fsp3) is 0.0455. The Kier molecular flexibility index (Phi) is 5.00. The maximum absolute atomic E-state index is 13.8. The highest BCUT2D eigenvalue weighted by Crippen LogP contribution is 2.42. The number of hydrogen-bond donors (Lipinski definition) is 1. The fourth-order valence-corrected chi connectivity index (χ4v) is 3.73. The third kappa shape index (κ3) is 3.64. The number of anilines is 1. The summed E-state index contributed by atoms with van der Waals surface area (Å²) in [5.41, 5.74) is 6.24. The molecular weight excluding hydrogens is 438 g/mol. The smallest absolute Gasteiger partial charge is 0.420 e. The van der Waals surface area contributed by atoms with Crippen molar-refractivity contribution in [3.05, 3.63) is 87.6 Å². The average Bonchev–Trinajstić information content (AvgIpc) is 3.06. The van der Waals surface area contributed by atoms with Crippen molar-refractivity contribution in [2.45, 2.75) is 6.18 Å². The zero-order chi connectivity index (χ0) is 21.6. The van der Waals surface area contributed by atoms with Crippen LogP contribution >= 0.6 is 23.2 Å². The molecule has 0 aliphatic carbocycles. The lowest BCUT2D eigenvalue weighted by Crippen LogP contribution is -2.12. The predicted molar refractivity (Wildman–Crippen MR) is 111 cm³/mol. The zero-order valence-electron chi connectivity index (χ0n) is 15.1. The van der Waals surface area contributed by atoms with E-state index in [0.717, 1.165) is 0 Å². The molecule has 1 heterocycles. The van der Waals surface area contributed by atoms with Crippen molar-refractivity contribution in [1.29, 1.82) is 0 Å². The number of alkyl halides is 3. The van der Waals surface area contributed by atoms with E-state index in [0.29, 0.717) is 16.8 Å². The molecule has 4 aromatic rings. The van der Waals surface area contributed by atoms with Gasteiger partial charge in [-0.05, 0) is 53.6 Å². The van der Waals surface area contributed by atoms with E-state index in [1.807, 2.05) is 0 Å². The van der Waals surface area contributed by atoms with Crippen LogP contribution in [0.3, 0.4) is 0 Å². The van der Waals surface area contributed by atoms with Crippen LogP contribution in [0.25, 0.3) is 22.1 Å². The summed E-state index contributed by atoms with van der Waals surface area (Å²) >= 11 is 11.8. The van der Waals surface area contributed by atoms with Gasteiger partial charge < -0.3 is 10.2 Å². The summed E-state index contributed by atoms with van der Waals surface area (Å²) in [4.78, 5) is 12.9. The number of hydrogen-bond acceptors (Lipinski definition) is 3. The largest absolute Gasteiger partial charge is 0.452 e. The Morgan fingerprint density at radius 2 is 1.67 bits per heavy atom. The Morgan fingerprint density at radius 3 is 2.33 bits per heavy atom. The molecule has 0 amide bonds. The third-order valence-corrected chi connectivity index (χ3v) is 5.12. The van der Waals surface area contributed by atoms with Gasteiger partial charge in [0.2, 0.25) is 5.78 Å². The summed E-state index contributed by atoms with van der Waals surface area (Å²) in [6.45, 7) is 0. The minimum atomic E-state index is -4.81. The topological polar surface area (TPSA) is 56.2 Å². The molecule has 0 radical (unpaired) electrons. The number of ketones is 1. The Morgan fingerprint density at radius 1 is 0.933 bits per heavy atom. The van der Waals surface area contributed by atoms with Gasteiger partial charge in [-0.15, -0.1) is 0 Å². The zero-order valence-corrected chi connectivity index (χ0v) is 16.6. The molecule has 0 aliphatic heterocycles. The van der Waals surface area contributed by atoms with Crippen LogP contribution in [-0.4, -0.2) is 5.78 Å². The second-order valence-corrected chi connectivity index (χ2v) is 7.44. The van der Waals surface area contributed by atoms with E-state index in [2.05, 4.69) is 0 Å². The summed E-state index contributed by atoms with van der Waals surface area (Å²) in [6, 6.07) is 15.0. The van der Waals surface area contributed by atoms with Gasteiger partial charge in [0.05, 0.1) is 5.02 Å². The standard InChI is InChI=1S/C22H12Cl2F3NO2/c23-13-5-7-15(17(24)10-13)20(29)21-19(22(25,26)27)16-6-4-12(9-18(16)30-21)11-2-1-3-14(28)8-11/h1-10H,28H2. The van der Waals surface area contributed by atoms with Crippen LogP contribution < -0.4 is 5.73 Å². The minimum absolute atomic E-state index is 0.0680. The van der Waals surface area contributed by atoms with E-state index in [-0.39, 0.29) is 26.6 Å². The number of carbonyl (C=O) groups is 1. The van der Waals surface area contributed by atoms with Crippen LogP contribution in [0.5, 0.6) is 0 Å². The van der Waals surface area contributed by atoms with Crippen molar-refractivity contribution in [2.75, 3.05) is 5.73 Å². The van der Waals surface area contributed by atoms with Crippen molar-refractivity contribution >= 4 is 45.6 Å². The number of nitrogens with two attached hydrogens (primary N) is 1. The lowest BCUT2D eigenvalue weighted by molar-refractivity contribution is -0.137. The number of rotatable bonds is 3. The molecule has 0 atom stereocenters. The summed E-state index contributed by atoms with van der Waals surface area (Å²) in [7, 11) is 0. The molecule has 2 N–H and O–H groups in total. The molecular formula is C22H12Cl2F3NO2. The molecule has 1 aromatic heterocycles. The monoisotopic (exact) mass is 449 g/mol. The molecule has 4 rings (SSSR count). The van der Waals surface area contributed by atoms with Gasteiger partial charge in [0.25, 0.3) is 0 Å². The maximum Gasteiger partial charge on any atom is 0.420 e. The van der Waals surface area contributed by atoms with Crippen molar-refractivity contribution in [3.63, 3.8) is 0 Å². The first-order chi connectivity index (χ1) is 14.1. The molecule has 3 nitrogen and oxygen atoms in total. The van der Waals surface area contributed by atoms with E-state index < -0.39 is 23.3 Å². The summed E-state index contributed by atoms with van der Waals surface area (Å²) in [5, 5.41) is -0.0332. The fourth-order valence-electron chi connectivity index (χ4n) is 3.23. The van der Waals surface area contributed by atoms with Crippen LogP contribution in [0.1, 0.15) is 21.7 Å². The number of furan rings is 1. The highest BCUT2D eigenvalue weighted by molar-refractivity contribution is 6.37. The van der Waals surface area contributed by atoms with Crippen molar-refractivity contribution in [2.24, 2.45) is 0 Å². The summed E-state index contributed by atoms with van der Waals surface area (Å²) in [6.07, 6.45) is -4.81. The van der Waals surface area contributed by atoms with Crippen LogP contribution in [-0.2, 0) is 6.18 Å². The van der Waals surface area contributed by atoms with E-state index in [4.69, 9.17) is 33.4 Å². The second-order valence-electron chi connectivity index (χ2n) is 6.59. The molecule has 0 saturated carbocycles. The van der Waals surface area contributed by atoms with Crippen LogP contribution in [0.2, 0.25) is 10.0 Å². The van der Waals surface area contributed by atoms with Crippen molar-refractivity contribution in [3.8, 4) is 11.1 Å². The number of carbonyl (C=O) groups excluding carboxylic acids is 1. The van der Waals surface area contributed by atoms with E-state index >= 15 is 0 Å². The first-order valence-electron chi connectivity index (χ1n) is 8.64. The third-order valence-electron chi connectivity index (χ3n) is 4.58. The number of halogens is 5. The second kappa shape index (κ2) is 7.38. The minimum Gasteiger partial charge on any atom is -0.452 e. The quantitative estimate of drug-likeness (QED) is 0.265. The Balaban J connectivity index is 1.91. The highest BCUT2D eigenvalue weighted by Gasteiger charge is 2.41. The van der Waals surface area contributed by atoms with E-state index in [1.54, 1.807) is 24.3 Å². The molecule has 0 fully saturated rings. The number of nitrogen functional groups attached to an aromatic ring is 1. The molecule has 152 valence electrons. The summed E-state index contributed by atoms with van der Waals surface area (Å²) in [5.74, 6) is -1.81. The molecule has 0 aliphatic rings. The first-order valence-corrected chi connectivity index (χ1v) is 9.40. The molecule has 30 heavy (non-hydrogen) atoms. The van der Waals surface area contributed by atoms with Gasteiger partial charge in [0.1, 0.15) is 11.1 Å². The highest BCUT2D eigenvalue weighted by atomic mass is 35.5. The number of benzene rings is 3. The lowest BCUT2D eigenvalue weighted by atomic mass is 10.0. The molecule has 3 aromatic carbocycles. The average molecular weight is 450 g/mol. The maximum atomic E-state index is 13.8. The van der Waals surface area contributed by atoms with Gasteiger partial charge in [0.15, 0.2) is 5.76 Å². The van der Waals surface area contributed by atoms with Gasteiger partial charge >= 0.3 is 6.18 Å². The predicted octanol–water partition coefficient (Wildman–Crippen LogP) is 7.24. The van der Waals surface area contributed by atoms with Gasteiger partial charge in [-0.3, -0.25) is 4.79 Å². The Bertz CT molecular complexity index is 1300. The molecule has 8 heteroatoms. The van der Waals surface area contributed by atoms with Crippen LogP contribution in [0.15, 0.2) is 65.1 Å². The van der Waals surface area contributed by atoms with Crippen LogP contribution in [0, 0.1) is 0 Å². The first kappa shape index (κ1) is 20.3.